The van der Waals surface area contributed by atoms with E-state index in [9.17, 15) is 8.42 Å². The van der Waals surface area contributed by atoms with Crippen LogP contribution in [0.15, 0.2) is 0 Å². The van der Waals surface area contributed by atoms with Crippen molar-refractivity contribution in [3.8, 4) is 0 Å². The van der Waals surface area contributed by atoms with E-state index in [1.807, 2.05) is 0 Å². The van der Waals surface area contributed by atoms with Crippen LogP contribution >= 0.6 is 10.7 Å². The van der Waals surface area contributed by atoms with E-state index in [2.05, 4.69) is 18.6 Å². The molecule has 14 heavy (non-hydrogen) atoms. The van der Waals surface area contributed by atoms with Crippen LogP contribution in [0.25, 0.3) is 0 Å². The van der Waals surface area contributed by atoms with E-state index in [4.69, 9.17) is 10.7 Å². The Balaban J connectivity index is 2.30. The van der Waals surface area contributed by atoms with Gasteiger partial charge in [0.1, 0.15) is 0 Å². The zero-order valence-electron chi connectivity index (χ0n) is 8.72. The van der Waals surface area contributed by atoms with Crippen LogP contribution in [0.2, 0.25) is 0 Å². The molecule has 5 heteroatoms. The summed E-state index contributed by atoms with van der Waals surface area (Å²) in [7, 11) is 1.54. The van der Waals surface area contributed by atoms with Crippen LogP contribution in [0.4, 0.5) is 0 Å². The van der Waals surface area contributed by atoms with Crippen molar-refractivity contribution < 1.29 is 8.42 Å². The van der Waals surface area contributed by atoms with Gasteiger partial charge in [-0.3, -0.25) is 0 Å². The van der Waals surface area contributed by atoms with Gasteiger partial charge in [-0.2, -0.15) is 8.42 Å². The maximum Gasteiger partial charge on any atom is 0.297 e. The van der Waals surface area contributed by atoms with Crippen LogP contribution in [0, 0.1) is 11.3 Å². The van der Waals surface area contributed by atoms with Crippen LogP contribution in [-0.4, -0.2) is 15.0 Å². The Morgan fingerprint density at radius 1 is 1.36 bits per heavy atom. The first-order valence-corrected chi connectivity index (χ1v) is 7.29. The van der Waals surface area contributed by atoms with E-state index >= 15 is 0 Å². The van der Waals surface area contributed by atoms with E-state index < -0.39 is 9.24 Å². The van der Waals surface area contributed by atoms with Crippen molar-refractivity contribution >= 4 is 19.9 Å². The maximum atomic E-state index is 10.7. The topological polar surface area (TPSA) is 46.2 Å². The highest BCUT2D eigenvalue weighted by atomic mass is 35.7. The minimum Gasteiger partial charge on any atom is -0.202 e. The Kier molecular flexibility index (Phi) is 3.83. The molecule has 1 rings (SSSR count). The summed E-state index contributed by atoms with van der Waals surface area (Å²) < 4.78 is 23.7. The van der Waals surface area contributed by atoms with Gasteiger partial charge in [-0.15, -0.1) is 0 Å². The summed E-state index contributed by atoms with van der Waals surface area (Å²) in [6.07, 6.45) is 4.52. The van der Waals surface area contributed by atoms with Crippen molar-refractivity contribution in [1.82, 2.24) is 4.72 Å². The lowest BCUT2D eigenvalue weighted by atomic mass is 9.73. The second-order valence-corrected chi connectivity index (χ2v) is 7.28. The number of rotatable bonds is 3. The summed E-state index contributed by atoms with van der Waals surface area (Å²) >= 11 is 0. The van der Waals surface area contributed by atoms with Gasteiger partial charge in [0.05, 0.1) is 0 Å². The number of halogens is 1. The van der Waals surface area contributed by atoms with Crippen LogP contribution in [0.5, 0.6) is 0 Å². The minimum atomic E-state index is -3.53. The van der Waals surface area contributed by atoms with Gasteiger partial charge >= 0.3 is 0 Å². The molecule has 1 N–H and O–H groups in total. The molecular weight excluding hydrogens is 222 g/mol. The predicted molar refractivity (Wildman–Crippen MR) is 58.5 cm³/mol. The Labute approximate surface area is 90.8 Å². The fraction of sp³-hybridized carbons (Fsp3) is 1.00. The normalized spacial score (nSPS) is 23.6. The third kappa shape index (κ3) is 4.62. The molecule has 1 saturated carbocycles. The smallest absolute Gasteiger partial charge is 0.202 e. The van der Waals surface area contributed by atoms with Gasteiger partial charge in [0.2, 0.25) is 0 Å². The molecule has 0 radical (unpaired) electrons. The highest BCUT2D eigenvalue weighted by molar-refractivity contribution is 8.12. The third-order valence-corrected chi connectivity index (χ3v) is 3.84. The second-order valence-electron chi connectivity index (χ2n) is 4.89. The average molecular weight is 240 g/mol. The van der Waals surface area contributed by atoms with Gasteiger partial charge in [0.25, 0.3) is 9.24 Å². The monoisotopic (exact) mass is 239 g/mol. The first-order valence-electron chi connectivity index (χ1n) is 4.98. The highest BCUT2D eigenvalue weighted by Crippen LogP contribution is 2.37. The van der Waals surface area contributed by atoms with Crippen molar-refractivity contribution in [2.24, 2.45) is 11.3 Å². The van der Waals surface area contributed by atoms with Crippen molar-refractivity contribution in [3.63, 3.8) is 0 Å². The lowest BCUT2D eigenvalue weighted by Crippen LogP contribution is -2.30. The largest absolute Gasteiger partial charge is 0.297 e. The molecule has 0 aromatic heterocycles. The molecule has 0 saturated heterocycles. The van der Waals surface area contributed by atoms with E-state index in [1.165, 1.54) is 12.8 Å². The number of hydrogen-bond donors (Lipinski definition) is 1. The van der Waals surface area contributed by atoms with Crippen molar-refractivity contribution in [2.75, 3.05) is 6.54 Å². The quantitative estimate of drug-likeness (QED) is 0.768. The molecule has 0 spiro atoms. The Bertz CT molecular complexity index is 277. The minimum absolute atomic E-state index is 0.427. The van der Waals surface area contributed by atoms with Crippen molar-refractivity contribution in [1.29, 1.82) is 0 Å². The average Bonchev–Trinajstić information content (AvgIpc) is 2.01. The molecule has 1 aliphatic carbocycles. The summed E-state index contributed by atoms with van der Waals surface area (Å²) in [6.45, 7) is 5.01. The summed E-state index contributed by atoms with van der Waals surface area (Å²) in [5.41, 5.74) is 0.427. The summed E-state index contributed by atoms with van der Waals surface area (Å²) in [5.74, 6) is 0.455. The van der Waals surface area contributed by atoms with Gasteiger partial charge in [0, 0.05) is 17.2 Å². The fourth-order valence-corrected chi connectivity index (χ4v) is 2.50. The van der Waals surface area contributed by atoms with Crippen molar-refractivity contribution in [3.05, 3.63) is 0 Å². The van der Waals surface area contributed by atoms with Crippen LogP contribution in [0.3, 0.4) is 0 Å². The zero-order valence-corrected chi connectivity index (χ0v) is 10.3. The van der Waals surface area contributed by atoms with Crippen molar-refractivity contribution in [2.45, 2.75) is 39.5 Å². The SMILES string of the molecule is CC1(C)CCC(CNS(=O)(=O)Cl)CC1. The van der Waals surface area contributed by atoms with E-state index in [-0.39, 0.29) is 0 Å². The van der Waals surface area contributed by atoms with Gasteiger partial charge in [-0.1, -0.05) is 13.8 Å². The molecule has 0 aromatic carbocycles. The molecule has 0 bridgehead atoms. The van der Waals surface area contributed by atoms with Gasteiger partial charge in [0.15, 0.2) is 0 Å². The highest BCUT2D eigenvalue weighted by Gasteiger charge is 2.27. The number of nitrogens with one attached hydrogen (secondary N) is 1. The zero-order chi connectivity index (χ0) is 10.8. The van der Waals surface area contributed by atoms with Gasteiger partial charge < -0.3 is 0 Å². The molecule has 0 atom stereocenters. The third-order valence-electron chi connectivity index (χ3n) is 3.00. The van der Waals surface area contributed by atoms with E-state index in [0.29, 0.717) is 17.9 Å². The Morgan fingerprint density at radius 2 is 1.86 bits per heavy atom. The molecule has 0 heterocycles. The van der Waals surface area contributed by atoms with Gasteiger partial charge in [-0.25, -0.2) is 4.72 Å². The Morgan fingerprint density at radius 3 is 2.29 bits per heavy atom. The standard InChI is InChI=1S/C9H18ClNO2S/c1-9(2)5-3-8(4-6-9)7-11-14(10,12)13/h8,11H,3-7H2,1-2H3. The molecular formula is C9H18ClNO2S. The lowest BCUT2D eigenvalue weighted by molar-refractivity contribution is 0.193. The van der Waals surface area contributed by atoms with Gasteiger partial charge in [-0.05, 0) is 37.0 Å². The number of hydrogen-bond acceptors (Lipinski definition) is 2. The van der Waals surface area contributed by atoms with E-state index in [0.717, 1.165) is 12.8 Å². The van der Waals surface area contributed by atoms with Crippen LogP contribution in [-0.2, 0) is 9.24 Å². The molecule has 3 nitrogen and oxygen atoms in total. The summed E-state index contributed by atoms with van der Waals surface area (Å²) in [6, 6.07) is 0. The fourth-order valence-electron chi connectivity index (χ4n) is 1.88. The maximum absolute atomic E-state index is 10.7. The molecule has 1 fully saturated rings. The lowest BCUT2D eigenvalue weighted by Gasteiger charge is -2.34. The molecule has 1 aliphatic rings. The van der Waals surface area contributed by atoms with Crippen LogP contribution in [0.1, 0.15) is 39.5 Å². The van der Waals surface area contributed by atoms with Crippen LogP contribution < -0.4 is 4.72 Å². The molecule has 0 amide bonds. The Hall–Kier alpha value is 0.200. The molecule has 0 aromatic rings. The predicted octanol–water partition coefficient (Wildman–Crippen LogP) is 2.28. The molecule has 0 aliphatic heterocycles. The van der Waals surface area contributed by atoms with E-state index in [1.54, 1.807) is 0 Å². The summed E-state index contributed by atoms with van der Waals surface area (Å²) in [4.78, 5) is 0. The molecule has 84 valence electrons. The second kappa shape index (κ2) is 4.37. The first-order chi connectivity index (χ1) is 6.29. The first kappa shape index (κ1) is 12.3. The summed E-state index contributed by atoms with van der Waals surface area (Å²) in [5, 5.41) is 0. The molecule has 0 unspecified atom stereocenters.